The van der Waals surface area contributed by atoms with Gasteiger partial charge >= 0.3 is 5.97 Å². The summed E-state index contributed by atoms with van der Waals surface area (Å²) in [7, 11) is 0. The molecule has 0 bridgehead atoms. The molecule has 3 N–H and O–H groups in total. The SMILES string of the molecule is CCCCC(CC)C(=O)O.O.[Zr]. The number of carboxylic acid groups (broad SMARTS) is 1. The molecule has 0 fully saturated rings. The maximum absolute atomic E-state index is 10.4. The van der Waals surface area contributed by atoms with Crippen LogP contribution in [0, 0.1) is 5.92 Å². The van der Waals surface area contributed by atoms with Gasteiger partial charge in [-0.1, -0.05) is 26.7 Å². The minimum atomic E-state index is -0.643. The molecule has 0 spiro atoms. The molecule has 0 aliphatic carbocycles. The summed E-state index contributed by atoms with van der Waals surface area (Å²) in [5.74, 6) is -0.754. The minimum absolute atomic E-state index is 0. The molecule has 1 atom stereocenters. The second kappa shape index (κ2) is 11.3. The van der Waals surface area contributed by atoms with Crippen LogP contribution in [0.2, 0.25) is 0 Å². The predicted octanol–water partition coefficient (Wildman–Crippen LogP) is 1.46. The predicted molar refractivity (Wildman–Crippen MR) is 44.6 cm³/mol. The van der Waals surface area contributed by atoms with Crippen molar-refractivity contribution >= 4 is 5.97 Å². The Hall–Kier alpha value is 0.313. The van der Waals surface area contributed by atoms with E-state index in [1.807, 2.05) is 6.92 Å². The Labute approximate surface area is 93.0 Å². The minimum Gasteiger partial charge on any atom is -0.481 e. The first-order chi connectivity index (χ1) is 4.72. The molecule has 0 rings (SSSR count). The molecular weight excluding hydrogens is 235 g/mol. The van der Waals surface area contributed by atoms with Gasteiger partial charge in [0.25, 0.3) is 0 Å². The maximum atomic E-state index is 10.4. The number of hydrogen-bond acceptors (Lipinski definition) is 1. The van der Waals surface area contributed by atoms with Crippen LogP contribution in [0.3, 0.4) is 0 Å². The van der Waals surface area contributed by atoms with Crippen molar-refractivity contribution in [3.8, 4) is 0 Å². The quantitative estimate of drug-likeness (QED) is 0.806. The zero-order valence-electron chi connectivity index (χ0n) is 7.76. The molecule has 0 saturated carbocycles. The first kappa shape index (κ1) is 18.2. The van der Waals surface area contributed by atoms with Gasteiger partial charge < -0.3 is 10.6 Å². The fourth-order valence-corrected chi connectivity index (χ4v) is 0.953. The van der Waals surface area contributed by atoms with Crippen molar-refractivity contribution in [1.82, 2.24) is 0 Å². The molecule has 0 saturated heterocycles. The molecule has 0 aromatic rings. The van der Waals surface area contributed by atoms with Gasteiger partial charge in [0.1, 0.15) is 0 Å². The molecule has 0 heterocycles. The summed E-state index contributed by atoms with van der Waals surface area (Å²) in [5.41, 5.74) is 0. The van der Waals surface area contributed by atoms with Crippen molar-refractivity contribution in [2.45, 2.75) is 39.5 Å². The summed E-state index contributed by atoms with van der Waals surface area (Å²) in [5, 5.41) is 8.60. The van der Waals surface area contributed by atoms with Crippen LogP contribution >= 0.6 is 0 Å². The fraction of sp³-hybridized carbons (Fsp3) is 0.875. The monoisotopic (exact) mass is 252 g/mol. The zero-order valence-corrected chi connectivity index (χ0v) is 10.2. The largest absolute Gasteiger partial charge is 0.481 e. The van der Waals surface area contributed by atoms with Gasteiger partial charge in [0.05, 0.1) is 5.92 Å². The van der Waals surface area contributed by atoms with Crippen molar-refractivity contribution in [3.63, 3.8) is 0 Å². The molecular formula is C8H18O3Zr. The Morgan fingerprint density at radius 2 is 1.92 bits per heavy atom. The van der Waals surface area contributed by atoms with E-state index >= 15 is 0 Å². The summed E-state index contributed by atoms with van der Waals surface area (Å²) in [6.07, 6.45) is 3.71. The van der Waals surface area contributed by atoms with Gasteiger partial charge in [-0.05, 0) is 12.8 Å². The van der Waals surface area contributed by atoms with E-state index in [1.54, 1.807) is 0 Å². The van der Waals surface area contributed by atoms with Gasteiger partial charge in [-0.3, -0.25) is 4.79 Å². The van der Waals surface area contributed by atoms with Gasteiger partial charge in [-0.25, -0.2) is 0 Å². The van der Waals surface area contributed by atoms with Gasteiger partial charge in [-0.15, -0.1) is 0 Å². The smallest absolute Gasteiger partial charge is 0.306 e. The molecule has 12 heavy (non-hydrogen) atoms. The van der Waals surface area contributed by atoms with Crippen molar-refractivity contribution in [2.75, 3.05) is 0 Å². The standard InChI is InChI=1S/C8H16O2.H2O.Zr/c1-3-5-6-7(4-2)8(9)10;;/h7H,3-6H2,1-2H3,(H,9,10);1H2;. The first-order valence-electron chi connectivity index (χ1n) is 3.95. The molecule has 0 radical (unpaired) electrons. The van der Waals surface area contributed by atoms with Crippen LogP contribution in [0.25, 0.3) is 0 Å². The Bertz CT molecular complexity index is 106. The molecule has 0 aromatic carbocycles. The number of rotatable bonds is 5. The van der Waals surface area contributed by atoms with Crippen molar-refractivity contribution in [2.24, 2.45) is 5.92 Å². The second-order valence-corrected chi connectivity index (χ2v) is 2.59. The van der Waals surface area contributed by atoms with Gasteiger partial charge in [0.15, 0.2) is 0 Å². The third-order valence-corrected chi connectivity index (χ3v) is 1.75. The average molecular weight is 253 g/mol. The van der Waals surface area contributed by atoms with E-state index in [-0.39, 0.29) is 37.6 Å². The van der Waals surface area contributed by atoms with E-state index in [0.717, 1.165) is 25.7 Å². The summed E-state index contributed by atoms with van der Waals surface area (Å²) < 4.78 is 0. The number of unbranched alkanes of at least 4 members (excludes halogenated alkanes) is 1. The van der Waals surface area contributed by atoms with Crippen LogP contribution in [0.4, 0.5) is 0 Å². The maximum Gasteiger partial charge on any atom is 0.306 e. The Kier molecular flexibility index (Phi) is 17.1. The van der Waals surface area contributed by atoms with E-state index < -0.39 is 5.97 Å². The van der Waals surface area contributed by atoms with Gasteiger partial charge in [0, 0.05) is 26.2 Å². The van der Waals surface area contributed by atoms with Crippen LogP contribution in [-0.4, -0.2) is 16.6 Å². The van der Waals surface area contributed by atoms with E-state index in [9.17, 15) is 4.79 Å². The van der Waals surface area contributed by atoms with E-state index in [4.69, 9.17) is 5.11 Å². The molecule has 1 unspecified atom stereocenters. The molecule has 0 aliphatic heterocycles. The number of hydrogen-bond donors (Lipinski definition) is 1. The molecule has 3 nitrogen and oxygen atoms in total. The summed E-state index contributed by atoms with van der Waals surface area (Å²) in [6.45, 7) is 4.00. The van der Waals surface area contributed by atoms with Crippen molar-refractivity contribution in [1.29, 1.82) is 0 Å². The van der Waals surface area contributed by atoms with E-state index in [0.29, 0.717) is 0 Å². The number of carbonyl (C=O) groups is 1. The van der Waals surface area contributed by atoms with Crippen LogP contribution < -0.4 is 0 Å². The summed E-state index contributed by atoms with van der Waals surface area (Å²) >= 11 is 0. The van der Waals surface area contributed by atoms with Crippen LogP contribution in [-0.2, 0) is 31.0 Å². The number of aliphatic carboxylic acids is 1. The van der Waals surface area contributed by atoms with Crippen LogP contribution in [0.15, 0.2) is 0 Å². The normalized spacial score (nSPS) is 10.8. The van der Waals surface area contributed by atoms with Gasteiger partial charge in [-0.2, -0.15) is 0 Å². The van der Waals surface area contributed by atoms with E-state index in [2.05, 4.69) is 6.92 Å². The van der Waals surface area contributed by atoms with Crippen LogP contribution in [0.5, 0.6) is 0 Å². The summed E-state index contributed by atoms with van der Waals surface area (Å²) in [4.78, 5) is 10.4. The third-order valence-electron chi connectivity index (χ3n) is 1.75. The second-order valence-electron chi connectivity index (χ2n) is 2.59. The molecule has 0 aliphatic rings. The Morgan fingerprint density at radius 3 is 2.17 bits per heavy atom. The summed E-state index contributed by atoms with van der Waals surface area (Å²) in [6, 6.07) is 0. The van der Waals surface area contributed by atoms with Gasteiger partial charge in [0.2, 0.25) is 0 Å². The molecule has 4 heteroatoms. The molecule has 72 valence electrons. The average Bonchev–Trinajstić information content (AvgIpc) is 1.89. The molecule has 0 amide bonds. The fourth-order valence-electron chi connectivity index (χ4n) is 0.953. The topological polar surface area (TPSA) is 68.8 Å². The van der Waals surface area contributed by atoms with Crippen molar-refractivity contribution < 1.29 is 41.6 Å². The Balaban J connectivity index is -0.000000405. The van der Waals surface area contributed by atoms with E-state index in [1.165, 1.54) is 0 Å². The Morgan fingerprint density at radius 1 is 1.42 bits per heavy atom. The molecule has 0 aromatic heterocycles. The first-order valence-corrected chi connectivity index (χ1v) is 3.95. The third kappa shape index (κ3) is 8.41. The number of carboxylic acids is 1. The van der Waals surface area contributed by atoms with Crippen LogP contribution in [0.1, 0.15) is 39.5 Å². The van der Waals surface area contributed by atoms with Crippen molar-refractivity contribution in [3.05, 3.63) is 0 Å². The zero-order chi connectivity index (χ0) is 7.98.